The van der Waals surface area contributed by atoms with Crippen LogP contribution in [0, 0.1) is 0 Å². The van der Waals surface area contributed by atoms with Gasteiger partial charge in [-0.05, 0) is 61.7 Å². The molecule has 3 aromatic carbocycles. The molecule has 0 radical (unpaired) electrons. The highest BCUT2D eigenvalue weighted by atomic mass is 16.5. The topological polar surface area (TPSA) is 41.6 Å². The third kappa shape index (κ3) is 4.89. The van der Waals surface area contributed by atoms with Gasteiger partial charge in [0.25, 0.3) is 5.91 Å². The minimum Gasteiger partial charge on any atom is -0.481 e. The monoisotopic (exact) mass is 400 g/mol. The predicted molar refractivity (Wildman–Crippen MR) is 122 cm³/mol. The summed E-state index contributed by atoms with van der Waals surface area (Å²) in [6.07, 6.45) is 1.65. The number of ether oxygens (including phenoxy) is 1. The van der Waals surface area contributed by atoms with E-state index in [0.29, 0.717) is 18.3 Å². The molecule has 2 unspecified atom stereocenters. The summed E-state index contributed by atoms with van der Waals surface area (Å²) >= 11 is 0. The van der Waals surface area contributed by atoms with Crippen molar-refractivity contribution < 1.29 is 9.53 Å². The SMILES string of the molecule is CC(Oc1ccccc1)C(=O)N(CC1CCCN1)c1cccc(-c2ccccc2)c1. The molecule has 0 spiro atoms. The molecular formula is C26H28N2O2. The molecule has 1 aliphatic heterocycles. The van der Waals surface area contributed by atoms with E-state index in [4.69, 9.17) is 4.74 Å². The maximum atomic E-state index is 13.5. The Labute approximate surface area is 178 Å². The van der Waals surface area contributed by atoms with Gasteiger partial charge in [-0.3, -0.25) is 4.79 Å². The predicted octanol–water partition coefficient (Wildman–Crippen LogP) is 4.91. The van der Waals surface area contributed by atoms with E-state index in [-0.39, 0.29) is 5.91 Å². The first-order chi connectivity index (χ1) is 14.7. The Morgan fingerprint density at radius 1 is 1.00 bits per heavy atom. The smallest absolute Gasteiger partial charge is 0.267 e. The summed E-state index contributed by atoms with van der Waals surface area (Å²) in [7, 11) is 0. The van der Waals surface area contributed by atoms with Crippen LogP contribution in [0.1, 0.15) is 19.8 Å². The average Bonchev–Trinajstić information content (AvgIpc) is 3.32. The number of nitrogens with zero attached hydrogens (tertiary/aromatic N) is 1. The van der Waals surface area contributed by atoms with Crippen LogP contribution in [0.4, 0.5) is 5.69 Å². The van der Waals surface area contributed by atoms with Gasteiger partial charge in [-0.2, -0.15) is 0 Å². The number of amides is 1. The van der Waals surface area contributed by atoms with E-state index in [1.807, 2.05) is 72.5 Å². The number of benzene rings is 3. The molecule has 1 fully saturated rings. The number of hydrogen-bond acceptors (Lipinski definition) is 3. The summed E-state index contributed by atoms with van der Waals surface area (Å²) in [6, 6.07) is 28.3. The Balaban J connectivity index is 1.60. The molecule has 1 heterocycles. The quantitative estimate of drug-likeness (QED) is 0.613. The number of nitrogens with one attached hydrogen (secondary N) is 1. The molecule has 0 bridgehead atoms. The lowest BCUT2D eigenvalue weighted by atomic mass is 10.0. The number of rotatable bonds is 7. The fraction of sp³-hybridized carbons (Fsp3) is 0.269. The second-order valence-electron chi connectivity index (χ2n) is 7.73. The second kappa shape index (κ2) is 9.59. The van der Waals surface area contributed by atoms with Gasteiger partial charge in [0.15, 0.2) is 6.10 Å². The Hall–Kier alpha value is -3.11. The van der Waals surface area contributed by atoms with E-state index in [0.717, 1.165) is 36.2 Å². The van der Waals surface area contributed by atoms with Crippen molar-refractivity contribution >= 4 is 11.6 Å². The molecule has 4 heteroatoms. The summed E-state index contributed by atoms with van der Waals surface area (Å²) in [5.74, 6) is 0.674. The largest absolute Gasteiger partial charge is 0.481 e. The highest BCUT2D eigenvalue weighted by Crippen LogP contribution is 2.26. The van der Waals surface area contributed by atoms with Crippen molar-refractivity contribution in [3.8, 4) is 16.9 Å². The molecule has 4 rings (SSSR count). The van der Waals surface area contributed by atoms with Crippen molar-refractivity contribution in [2.24, 2.45) is 0 Å². The lowest BCUT2D eigenvalue weighted by Gasteiger charge is -2.29. The van der Waals surface area contributed by atoms with Crippen molar-refractivity contribution in [3.05, 3.63) is 84.9 Å². The number of carbonyl (C=O) groups is 1. The van der Waals surface area contributed by atoms with E-state index in [9.17, 15) is 4.79 Å². The van der Waals surface area contributed by atoms with Gasteiger partial charge in [-0.25, -0.2) is 0 Å². The van der Waals surface area contributed by atoms with Crippen LogP contribution in [-0.4, -0.2) is 31.1 Å². The first-order valence-electron chi connectivity index (χ1n) is 10.6. The minimum absolute atomic E-state index is 0.0298. The fourth-order valence-electron chi connectivity index (χ4n) is 3.91. The maximum Gasteiger partial charge on any atom is 0.267 e. The van der Waals surface area contributed by atoms with Crippen molar-refractivity contribution in [1.29, 1.82) is 0 Å². The highest BCUT2D eigenvalue weighted by Gasteiger charge is 2.27. The number of para-hydroxylation sites is 1. The van der Waals surface area contributed by atoms with Crippen LogP contribution in [-0.2, 0) is 4.79 Å². The molecule has 3 aromatic rings. The molecule has 1 amide bonds. The Kier molecular flexibility index (Phi) is 6.45. The van der Waals surface area contributed by atoms with Gasteiger partial charge in [0.2, 0.25) is 0 Å². The van der Waals surface area contributed by atoms with Gasteiger partial charge >= 0.3 is 0 Å². The van der Waals surface area contributed by atoms with E-state index in [1.54, 1.807) is 0 Å². The minimum atomic E-state index is -0.575. The molecule has 2 atom stereocenters. The fourth-order valence-corrected chi connectivity index (χ4v) is 3.91. The summed E-state index contributed by atoms with van der Waals surface area (Å²) < 4.78 is 5.95. The summed E-state index contributed by atoms with van der Waals surface area (Å²) in [6.45, 7) is 3.47. The zero-order valence-electron chi connectivity index (χ0n) is 17.3. The lowest BCUT2D eigenvalue weighted by Crippen LogP contribution is -2.46. The molecule has 0 saturated carbocycles. The van der Waals surface area contributed by atoms with Crippen LogP contribution < -0.4 is 15.0 Å². The van der Waals surface area contributed by atoms with E-state index < -0.39 is 6.10 Å². The third-order valence-electron chi connectivity index (χ3n) is 5.50. The van der Waals surface area contributed by atoms with E-state index in [1.165, 1.54) is 0 Å². The number of hydrogen-bond donors (Lipinski definition) is 1. The van der Waals surface area contributed by atoms with Gasteiger partial charge in [-0.1, -0.05) is 60.7 Å². The van der Waals surface area contributed by atoms with Gasteiger partial charge in [0.1, 0.15) is 5.75 Å². The van der Waals surface area contributed by atoms with Gasteiger partial charge in [0.05, 0.1) is 0 Å². The van der Waals surface area contributed by atoms with Gasteiger partial charge < -0.3 is 15.0 Å². The average molecular weight is 401 g/mol. The molecular weight excluding hydrogens is 372 g/mol. The summed E-state index contributed by atoms with van der Waals surface area (Å²) in [5, 5.41) is 3.51. The summed E-state index contributed by atoms with van der Waals surface area (Å²) in [5.41, 5.74) is 3.14. The number of carbonyl (C=O) groups excluding carboxylic acids is 1. The Morgan fingerprint density at radius 3 is 2.40 bits per heavy atom. The van der Waals surface area contributed by atoms with Crippen LogP contribution in [0.2, 0.25) is 0 Å². The van der Waals surface area contributed by atoms with Gasteiger partial charge in [-0.15, -0.1) is 0 Å². The first-order valence-corrected chi connectivity index (χ1v) is 10.6. The molecule has 0 aromatic heterocycles. The standard InChI is InChI=1S/C26H28N2O2/c1-20(30-25-15-6-3-7-16-25)26(29)28(19-23-13-9-17-27-23)24-14-8-12-22(18-24)21-10-4-2-5-11-21/h2-8,10-12,14-16,18,20,23,27H,9,13,17,19H2,1H3. The second-order valence-corrected chi connectivity index (χ2v) is 7.73. The van der Waals surface area contributed by atoms with Crippen LogP contribution in [0.5, 0.6) is 5.75 Å². The van der Waals surface area contributed by atoms with Crippen molar-refractivity contribution in [2.75, 3.05) is 18.0 Å². The zero-order chi connectivity index (χ0) is 20.8. The van der Waals surface area contributed by atoms with Crippen LogP contribution in [0.15, 0.2) is 84.9 Å². The Morgan fingerprint density at radius 2 is 1.70 bits per heavy atom. The molecule has 154 valence electrons. The van der Waals surface area contributed by atoms with E-state index >= 15 is 0 Å². The molecule has 1 N–H and O–H groups in total. The van der Waals surface area contributed by atoms with Crippen LogP contribution in [0.3, 0.4) is 0 Å². The molecule has 30 heavy (non-hydrogen) atoms. The lowest BCUT2D eigenvalue weighted by molar-refractivity contribution is -0.124. The van der Waals surface area contributed by atoms with Crippen molar-refractivity contribution in [2.45, 2.75) is 31.9 Å². The first kappa shape index (κ1) is 20.2. The van der Waals surface area contributed by atoms with Crippen LogP contribution >= 0.6 is 0 Å². The Bertz CT molecular complexity index is 953. The van der Waals surface area contributed by atoms with Crippen molar-refractivity contribution in [3.63, 3.8) is 0 Å². The van der Waals surface area contributed by atoms with Crippen molar-refractivity contribution in [1.82, 2.24) is 5.32 Å². The normalized spacial score (nSPS) is 16.8. The number of anilines is 1. The third-order valence-corrected chi connectivity index (χ3v) is 5.50. The van der Waals surface area contributed by atoms with E-state index in [2.05, 4.69) is 29.6 Å². The van der Waals surface area contributed by atoms with Gasteiger partial charge in [0, 0.05) is 18.3 Å². The van der Waals surface area contributed by atoms with Crippen LogP contribution in [0.25, 0.3) is 11.1 Å². The zero-order valence-corrected chi connectivity index (χ0v) is 17.3. The molecule has 4 nitrogen and oxygen atoms in total. The maximum absolute atomic E-state index is 13.5. The molecule has 1 aliphatic rings. The molecule has 1 saturated heterocycles. The highest BCUT2D eigenvalue weighted by molar-refractivity contribution is 5.97. The summed E-state index contributed by atoms with van der Waals surface area (Å²) in [4.78, 5) is 15.3. The molecule has 0 aliphatic carbocycles.